The molecule has 0 fully saturated rings. The average molecular weight is 222 g/mol. The number of nitrogens with two attached hydrogens (primary N) is 1. The molecule has 80 valence electrons. The number of hydrogen-bond donors (Lipinski definition) is 3. The predicted octanol–water partition coefficient (Wildman–Crippen LogP) is 2.53. The molecule has 5 heteroatoms. The van der Waals surface area contributed by atoms with Gasteiger partial charge in [-0.05, 0) is 36.2 Å². The Kier molecular flexibility index (Phi) is 2.64. The summed E-state index contributed by atoms with van der Waals surface area (Å²) in [4.78, 5) is 7.24. The standard InChI is InChI=1S/C10H14N4S/c1-6(8-3-4-15-5-8)12-10-9(11)13-7(2)14-10/h3-6,12H,11H2,1-2H3,(H,13,14). The molecule has 0 aliphatic rings. The van der Waals surface area contributed by atoms with Gasteiger partial charge in [0, 0.05) is 0 Å². The zero-order valence-corrected chi connectivity index (χ0v) is 9.56. The maximum absolute atomic E-state index is 5.77. The molecule has 0 saturated carbocycles. The second-order valence-electron chi connectivity index (χ2n) is 3.51. The van der Waals surface area contributed by atoms with Gasteiger partial charge in [-0.3, -0.25) is 0 Å². The van der Waals surface area contributed by atoms with E-state index in [0.717, 1.165) is 11.6 Å². The third-order valence-corrected chi connectivity index (χ3v) is 2.95. The van der Waals surface area contributed by atoms with Crippen LogP contribution in [0.1, 0.15) is 24.4 Å². The van der Waals surface area contributed by atoms with Gasteiger partial charge in [-0.15, -0.1) is 0 Å². The molecule has 0 aliphatic heterocycles. The highest BCUT2D eigenvalue weighted by Crippen LogP contribution is 2.23. The fraction of sp³-hybridized carbons (Fsp3) is 0.300. The second-order valence-corrected chi connectivity index (χ2v) is 4.29. The monoisotopic (exact) mass is 222 g/mol. The summed E-state index contributed by atoms with van der Waals surface area (Å²) in [7, 11) is 0. The average Bonchev–Trinajstić information content (AvgIpc) is 2.76. The Morgan fingerprint density at radius 2 is 2.40 bits per heavy atom. The number of nitrogens with zero attached hydrogens (tertiary/aromatic N) is 1. The molecule has 0 radical (unpaired) electrons. The molecule has 2 rings (SSSR count). The summed E-state index contributed by atoms with van der Waals surface area (Å²) in [5.74, 6) is 2.15. The molecule has 0 aliphatic carbocycles. The van der Waals surface area contributed by atoms with E-state index < -0.39 is 0 Å². The number of hydrogen-bond acceptors (Lipinski definition) is 4. The lowest BCUT2D eigenvalue weighted by Crippen LogP contribution is -2.07. The van der Waals surface area contributed by atoms with Crippen molar-refractivity contribution in [2.75, 3.05) is 11.1 Å². The van der Waals surface area contributed by atoms with Gasteiger partial charge in [0.1, 0.15) is 11.6 Å². The SMILES string of the molecule is Cc1nc(NC(C)c2ccsc2)c(N)[nH]1. The van der Waals surface area contributed by atoms with Crippen LogP contribution in [0.15, 0.2) is 16.8 Å². The maximum atomic E-state index is 5.77. The number of anilines is 2. The number of nitrogen functional groups attached to an aromatic ring is 1. The summed E-state index contributed by atoms with van der Waals surface area (Å²) in [5, 5.41) is 7.45. The third kappa shape index (κ3) is 2.12. The van der Waals surface area contributed by atoms with Crippen LogP contribution in [0.25, 0.3) is 0 Å². The van der Waals surface area contributed by atoms with Crippen molar-refractivity contribution in [1.82, 2.24) is 9.97 Å². The van der Waals surface area contributed by atoms with Crippen LogP contribution in [0.4, 0.5) is 11.6 Å². The topological polar surface area (TPSA) is 66.7 Å². The zero-order valence-electron chi connectivity index (χ0n) is 8.74. The quantitative estimate of drug-likeness (QED) is 0.747. The summed E-state index contributed by atoms with van der Waals surface area (Å²) >= 11 is 1.69. The van der Waals surface area contributed by atoms with Gasteiger partial charge < -0.3 is 16.0 Å². The largest absolute Gasteiger partial charge is 0.382 e. The van der Waals surface area contributed by atoms with Crippen molar-refractivity contribution in [2.24, 2.45) is 0 Å². The van der Waals surface area contributed by atoms with Crippen LogP contribution < -0.4 is 11.1 Å². The first-order chi connectivity index (χ1) is 7.16. The van der Waals surface area contributed by atoms with Crippen LogP contribution in [0.2, 0.25) is 0 Å². The summed E-state index contributed by atoms with van der Waals surface area (Å²) in [5.41, 5.74) is 7.02. The molecule has 4 N–H and O–H groups in total. The first-order valence-corrected chi connectivity index (χ1v) is 5.72. The number of nitrogens with one attached hydrogen (secondary N) is 2. The van der Waals surface area contributed by atoms with Crippen LogP contribution in [-0.4, -0.2) is 9.97 Å². The van der Waals surface area contributed by atoms with Gasteiger partial charge in [-0.1, -0.05) is 0 Å². The number of imidazole rings is 1. The van der Waals surface area contributed by atoms with E-state index in [1.165, 1.54) is 5.56 Å². The van der Waals surface area contributed by atoms with E-state index in [1.807, 2.05) is 6.92 Å². The summed E-state index contributed by atoms with van der Waals surface area (Å²) in [6, 6.07) is 2.32. The van der Waals surface area contributed by atoms with E-state index in [2.05, 4.69) is 39.0 Å². The number of thiophene rings is 1. The van der Waals surface area contributed by atoms with Crippen LogP contribution in [0, 0.1) is 6.92 Å². The Morgan fingerprint density at radius 1 is 1.60 bits per heavy atom. The smallest absolute Gasteiger partial charge is 0.169 e. The third-order valence-electron chi connectivity index (χ3n) is 2.25. The van der Waals surface area contributed by atoms with Crippen LogP contribution >= 0.6 is 11.3 Å². The molecule has 0 aromatic carbocycles. The van der Waals surface area contributed by atoms with E-state index in [9.17, 15) is 0 Å². The highest BCUT2D eigenvalue weighted by molar-refractivity contribution is 7.07. The predicted molar refractivity (Wildman–Crippen MR) is 64.1 cm³/mol. The van der Waals surface area contributed by atoms with Crippen LogP contribution in [-0.2, 0) is 0 Å². The van der Waals surface area contributed by atoms with E-state index in [0.29, 0.717) is 5.82 Å². The molecule has 4 nitrogen and oxygen atoms in total. The maximum Gasteiger partial charge on any atom is 0.169 e. The van der Waals surface area contributed by atoms with E-state index in [4.69, 9.17) is 5.73 Å². The molecule has 15 heavy (non-hydrogen) atoms. The van der Waals surface area contributed by atoms with Crippen molar-refractivity contribution in [2.45, 2.75) is 19.9 Å². The van der Waals surface area contributed by atoms with Crippen molar-refractivity contribution in [3.05, 3.63) is 28.2 Å². The molecule has 2 heterocycles. The van der Waals surface area contributed by atoms with Crippen LogP contribution in [0.3, 0.4) is 0 Å². The molecule has 0 amide bonds. The Hall–Kier alpha value is -1.49. The van der Waals surface area contributed by atoms with Gasteiger partial charge in [0.2, 0.25) is 0 Å². The Labute approximate surface area is 92.5 Å². The lowest BCUT2D eigenvalue weighted by Gasteiger charge is -2.11. The number of aromatic nitrogens is 2. The highest BCUT2D eigenvalue weighted by atomic mass is 32.1. The fourth-order valence-electron chi connectivity index (χ4n) is 1.43. The first-order valence-electron chi connectivity index (χ1n) is 4.77. The molecule has 1 atom stereocenters. The number of H-pyrrole nitrogens is 1. The highest BCUT2D eigenvalue weighted by Gasteiger charge is 2.10. The van der Waals surface area contributed by atoms with E-state index in [-0.39, 0.29) is 6.04 Å². The van der Waals surface area contributed by atoms with Gasteiger partial charge in [0.05, 0.1) is 6.04 Å². The van der Waals surface area contributed by atoms with Gasteiger partial charge in [0.25, 0.3) is 0 Å². The molecular formula is C10H14N4S. The number of rotatable bonds is 3. The molecule has 0 bridgehead atoms. The molecule has 1 unspecified atom stereocenters. The zero-order chi connectivity index (χ0) is 10.8. The minimum Gasteiger partial charge on any atom is -0.382 e. The molecule has 0 saturated heterocycles. The Morgan fingerprint density at radius 3 is 2.93 bits per heavy atom. The van der Waals surface area contributed by atoms with Crippen molar-refractivity contribution < 1.29 is 0 Å². The fourth-order valence-corrected chi connectivity index (χ4v) is 2.18. The van der Waals surface area contributed by atoms with Gasteiger partial charge in [0.15, 0.2) is 5.82 Å². The van der Waals surface area contributed by atoms with Gasteiger partial charge in [-0.25, -0.2) is 4.98 Å². The van der Waals surface area contributed by atoms with Crippen molar-refractivity contribution >= 4 is 23.0 Å². The Balaban J connectivity index is 2.12. The van der Waals surface area contributed by atoms with Crippen molar-refractivity contribution in [3.8, 4) is 0 Å². The molecular weight excluding hydrogens is 208 g/mol. The Bertz CT molecular complexity index is 432. The van der Waals surface area contributed by atoms with Crippen molar-refractivity contribution in [3.63, 3.8) is 0 Å². The molecule has 2 aromatic heterocycles. The second kappa shape index (κ2) is 3.94. The van der Waals surface area contributed by atoms with E-state index in [1.54, 1.807) is 11.3 Å². The molecule has 0 spiro atoms. The summed E-state index contributed by atoms with van der Waals surface area (Å²) < 4.78 is 0. The normalized spacial score (nSPS) is 12.7. The lowest BCUT2D eigenvalue weighted by molar-refractivity contribution is 0.882. The summed E-state index contributed by atoms with van der Waals surface area (Å²) in [6.45, 7) is 3.97. The molecule has 2 aromatic rings. The number of aromatic amines is 1. The van der Waals surface area contributed by atoms with Crippen LogP contribution in [0.5, 0.6) is 0 Å². The minimum absolute atomic E-state index is 0.223. The lowest BCUT2D eigenvalue weighted by atomic mass is 10.2. The summed E-state index contributed by atoms with van der Waals surface area (Å²) in [6.07, 6.45) is 0. The number of aryl methyl sites for hydroxylation is 1. The first kappa shape index (κ1) is 10.0. The van der Waals surface area contributed by atoms with Gasteiger partial charge >= 0.3 is 0 Å². The van der Waals surface area contributed by atoms with Gasteiger partial charge in [-0.2, -0.15) is 11.3 Å². The van der Waals surface area contributed by atoms with Crippen molar-refractivity contribution in [1.29, 1.82) is 0 Å². The van der Waals surface area contributed by atoms with E-state index >= 15 is 0 Å². The minimum atomic E-state index is 0.223.